The fourth-order valence-electron chi connectivity index (χ4n) is 2.62. The summed E-state index contributed by atoms with van der Waals surface area (Å²) in [5.74, 6) is 2.43. The highest BCUT2D eigenvalue weighted by atomic mass is 16.5. The van der Waals surface area contributed by atoms with Gasteiger partial charge in [0, 0.05) is 12.5 Å². The highest BCUT2D eigenvalue weighted by Crippen LogP contribution is 2.18. The van der Waals surface area contributed by atoms with Crippen LogP contribution < -0.4 is 5.32 Å². The van der Waals surface area contributed by atoms with Crippen LogP contribution in [0.4, 0.5) is 0 Å². The second-order valence-electron chi connectivity index (χ2n) is 6.14. The Morgan fingerprint density at radius 2 is 2.10 bits per heavy atom. The molecule has 0 bridgehead atoms. The van der Waals surface area contributed by atoms with Crippen LogP contribution in [-0.2, 0) is 13.0 Å². The van der Waals surface area contributed by atoms with Crippen molar-refractivity contribution in [2.45, 2.75) is 59.0 Å². The van der Waals surface area contributed by atoms with Crippen LogP contribution in [0.1, 0.15) is 51.7 Å². The van der Waals surface area contributed by atoms with Crippen molar-refractivity contribution >= 4 is 0 Å². The summed E-state index contributed by atoms with van der Waals surface area (Å²) in [4.78, 5) is 6.87. The molecule has 5 heteroatoms. The average molecular weight is 280 g/mol. The number of likely N-dealkylation sites (tertiary alicyclic amines) is 1. The third-order valence-electron chi connectivity index (χ3n) is 3.86. The van der Waals surface area contributed by atoms with Gasteiger partial charge in [-0.05, 0) is 44.8 Å². The van der Waals surface area contributed by atoms with Gasteiger partial charge in [-0.3, -0.25) is 4.90 Å². The molecule has 0 saturated carbocycles. The SMILES string of the molecule is CCCc1noc(CN2CCC(CNC(C)C)CC2)n1. The summed E-state index contributed by atoms with van der Waals surface area (Å²) in [7, 11) is 0. The lowest BCUT2D eigenvalue weighted by Crippen LogP contribution is -2.38. The molecule has 1 aliphatic heterocycles. The van der Waals surface area contributed by atoms with Gasteiger partial charge >= 0.3 is 0 Å². The maximum atomic E-state index is 5.31. The third kappa shape index (κ3) is 4.87. The normalized spacial score (nSPS) is 18.0. The summed E-state index contributed by atoms with van der Waals surface area (Å²) < 4.78 is 5.31. The van der Waals surface area contributed by atoms with E-state index in [2.05, 4.69) is 41.1 Å². The first kappa shape index (κ1) is 15.4. The van der Waals surface area contributed by atoms with Crippen molar-refractivity contribution in [2.24, 2.45) is 5.92 Å². The molecular formula is C15H28N4O. The lowest BCUT2D eigenvalue weighted by molar-refractivity contribution is 0.156. The third-order valence-corrected chi connectivity index (χ3v) is 3.86. The summed E-state index contributed by atoms with van der Waals surface area (Å²) >= 11 is 0. The molecule has 1 aromatic rings. The number of nitrogens with one attached hydrogen (secondary N) is 1. The molecule has 0 unspecified atom stereocenters. The van der Waals surface area contributed by atoms with Crippen molar-refractivity contribution < 1.29 is 4.52 Å². The standard InChI is InChI=1S/C15H28N4O/c1-4-5-14-17-15(20-18-14)11-19-8-6-13(7-9-19)10-16-12(2)3/h12-13,16H,4-11H2,1-3H3. The van der Waals surface area contributed by atoms with Gasteiger partial charge in [-0.1, -0.05) is 25.9 Å². The summed E-state index contributed by atoms with van der Waals surface area (Å²) in [6.45, 7) is 10.8. The number of hydrogen-bond donors (Lipinski definition) is 1. The molecule has 5 nitrogen and oxygen atoms in total. The molecule has 1 saturated heterocycles. The Labute approximate surface area is 122 Å². The Morgan fingerprint density at radius 1 is 1.35 bits per heavy atom. The van der Waals surface area contributed by atoms with E-state index in [0.29, 0.717) is 6.04 Å². The Kier molecular flexibility index (Phi) is 5.98. The average Bonchev–Trinajstić information content (AvgIpc) is 2.86. The quantitative estimate of drug-likeness (QED) is 0.830. The fraction of sp³-hybridized carbons (Fsp3) is 0.867. The van der Waals surface area contributed by atoms with Crippen molar-refractivity contribution in [2.75, 3.05) is 19.6 Å². The number of aryl methyl sites for hydroxylation is 1. The highest BCUT2D eigenvalue weighted by Gasteiger charge is 2.20. The first-order valence-corrected chi connectivity index (χ1v) is 7.94. The number of piperidine rings is 1. The first-order chi connectivity index (χ1) is 9.67. The van der Waals surface area contributed by atoms with Crippen LogP contribution in [0.15, 0.2) is 4.52 Å². The molecule has 0 spiro atoms. The fourth-order valence-corrected chi connectivity index (χ4v) is 2.62. The molecule has 0 radical (unpaired) electrons. The van der Waals surface area contributed by atoms with Crippen molar-refractivity contribution in [3.05, 3.63) is 11.7 Å². The maximum absolute atomic E-state index is 5.31. The Hall–Kier alpha value is -0.940. The zero-order valence-electron chi connectivity index (χ0n) is 13.1. The van der Waals surface area contributed by atoms with Crippen molar-refractivity contribution in [3.63, 3.8) is 0 Å². The predicted octanol–water partition coefficient (Wildman–Crippen LogP) is 2.23. The second-order valence-corrected chi connectivity index (χ2v) is 6.14. The topological polar surface area (TPSA) is 54.2 Å². The largest absolute Gasteiger partial charge is 0.338 e. The first-order valence-electron chi connectivity index (χ1n) is 7.94. The molecule has 1 N–H and O–H groups in total. The van der Waals surface area contributed by atoms with Crippen LogP contribution in [0.2, 0.25) is 0 Å². The number of aromatic nitrogens is 2. The zero-order valence-corrected chi connectivity index (χ0v) is 13.1. The lowest BCUT2D eigenvalue weighted by Gasteiger charge is -2.31. The molecule has 1 aliphatic rings. The summed E-state index contributed by atoms with van der Waals surface area (Å²) in [5.41, 5.74) is 0. The second kappa shape index (κ2) is 7.74. The smallest absolute Gasteiger partial charge is 0.240 e. The molecule has 0 aliphatic carbocycles. The van der Waals surface area contributed by atoms with E-state index in [9.17, 15) is 0 Å². The minimum absolute atomic E-state index is 0.586. The van der Waals surface area contributed by atoms with Crippen LogP contribution in [0.25, 0.3) is 0 Å². The number of hydrogen-bond acceptors (Lipinski definition) is 5. The van der Waals surface area contributed by atoms with E-state index in [0.717, 1.165) is 56.7 Å². The van der Waals surface area contributed by atoms with Crippen LogP contribution in [-0.4, -0.2) is 40.7 Å². The Balaban J connectivity index is 1.70. The summed E-state index contributed by atoms with van der Waals surface area (Å²) in [5, 5.41) is 7.55. The molecular weight excluding hydrogens is 252 g/mol. The van der Waals surface area contributed by atoms with E-state index in [1.807, 2.05) is 0 Å². The molecule has 0 atom stereocenters. The molecule has 1 fully saturated rings. The van der Waals surface area contributed by atoms with E-state index < -0.39 is 0 Å². The maximum Gasteiger partial charge on any atom is 0.240 e. The van der Waals surface area contributed by atoms with Gasteiger partial charge in [-0.15, -0.1) is 0 Å². The van der Waals surface area contributed by atoms with Crippen LogP contribution in [0.5, 0.6) is 0 Å². The molecule has 2 heterocycles. The molecule has 20 heavy (non-hydrogen) atoms. The molecule has 0 amide bonds. The van der Waals surface area contributed by atoms with Crippen molar-refractivity contribution in [1.82, 2.24) is 20.4 Å². The van der Waals surface area contributed by atoms with Gasteiger partial charge in [-0.25, -0.2) is 0 Å². The number of rotatable bonds is 7. The van der Waals surface area contributed by atoms with Crippen molar-refractivity contribution in [1.29, 1.82) is 0 Å². The van der Waals surface area contributed by atoms with E-state index in [1.54, 1.807) is 0 Å². The van der Waals surface area contributed by atoms with Crippen molar-refractivity contribution in [3.8, 4) is 0 Å². The highest BCUT2D eigenvalue weighted by molar-refractivity contribution is 4.87. The molecule has 114 valence electrons. The number of nitrogens with zero attached hydrogens (tertiary/aromatic N) is 3. The van der Waals surface area contributed by atoms with Crippen LogP contribution in [0, 0.1) is 5.92 Å². The van der Waals surface area contributed by atoms with Gasteiger partial charge in [0.1, 0.15) is 0 Å². The Bertz CT molecular complexity index is 383. The van der Waals surface area contributed by atoms with Gasteiger partial charge in [0.15, 0.2) is 5.82 Å². The molecule has 0 aromatic carbocycles. The predicted molar refractivity (Wildman–Crippen MR) is 79.4 cm³/mol. The Morgan fingerprint density at radius 3 is 2.75 bits per heavy atom. The van der Waals surface area contributed by atoms with Crippen LogP contribution in [0.3, 0.4) is 0 Å². The molecule has 1 aromatic heterocycles. The molecule has 2 rings (SSSR count). The van der Waals surface area contributed by atoms with Gasteiger partial charge in [0.05, 0.1) is 6.54 Å². The van der Waals surface area contributed by atoms with Gasteiger partial charge in [-0.2, -0.15) is 4.98 Å². The van der Waals surface area contributed by atoms with E-state index in [4.69, 9.17) is 4.52 Å². The van der Waals surface area contributed by atoms with E-state index in [1.165, 1.54) is 12.8 Å². The van der Waals surface area contributed by atoms with Crippen LogP contribution >= 0.6 is 0 Å². The minimum Gasteiger partial charge on any atom is -0.338 e. The van der Waals surface area contributed by atoms with E-state index in [-0.39, 0.29) is 0 Å². The van der Waals surface area contributed by atoms with Gasteiger partial charge in [0.25, 0.3) is 0 Å². The monoisotopic (exact) mass is 280 g/mol. The summed E-state index contributed by atoms with van der Waals surface area (Å²) in [6.07, 6.45) is 4.49. The van der Waals surface area contributed by atoms with Gasteiger partial charge in [0.2, 0.25) is 5.89 Å². The minimum atomic E-state index is 0.586. The van der Waals surface area contributed by atoms with Gasteiger partial charge < -0.3 is 9.84 Å². The zero-order chi connectivity index (χ0) is 14.4. The lowest BCUT2D eigenvalue weighted by atomic mass is 9.96. The summed E-state index contributed by atoms with van der Waals surface area (Å²) in [6, 6.07) is 0.586. The van der Waals surface area contributed by atoms with E-state index >= 15 is 0 Å².